The minimum Gasteiger partial charge on any atom is -0.417 e. The van der Waals surface area contributed by atoms with E-state index in [0.717, 1.165) is 25.2 Å². The third kappa shape index (κ3) is 8.84. The Morgan fingerprint density at radius 1 is 0.920 bits per heavy atom. The highest BCUT2D eigenvalue weighted by Gasteiger charge is 2.36. The standard InChI is InChI=1S/C22H38O2Si/c1-7-20-13-15-21(16-14-20)19-23-17-11-9-8-10-12-18-24-25(5,6)22(2,3)4/h7,13-16H,1,8-12,17-19H2,2-6H3. The lowest BCUT2D eigenvalue weighted by molar-refractivity contribution is 0.116. The van der Waals surface area contributed by atoms with E-state index in [9.17, 15) is 0 Å². The van der Waals surface area contributed by atoms with Crippen LogP contribution in [0.5, 0.6) is 0 Å². The van der Waals surface area contributed by atoms with E-state index < -0.39 is 8.32 Å². The van der Waals surface area contributed by atoms with E-state index in [1.165, 1.54) is 31.2 Å². The van der Waals surface area contributed by atoms with Gasteiger partial charge in [-0.3, -0.25) is 0 Å². The van der Waals surface area contributed by atoms with E-state index in [0.29, 0.717) is 11.6 Å². The smallest absolute Gasteiger partial charge is 0.191 e. The van der Waals surface area contributed by atoms with Gasteiger partial charge in [0.25, 0.3) is 0 Å². The van der Waals surface area contributed by atoms with Crippen molar-refractivity contribution in [3.05, 3.63) is 42.0 Å². The Morgan fingerprint density at radius 2 is 1.48 bits per heavy atom. The Morgan fingerprint density at radius 3 is 2.04 bits per heavy atom. The van der Waals surface area contributed by atoms with Gasteiger partial charge in [0.15, 0.2) is 8.32 Å². The molecule has 0 aromatic heterocycles. The fourth-order valence-electron chi connectivity index (χ4n) is 2.32. The molecular weight excluding hydrogens is 324 g/mol. The van der Waals surface area contributed by atoms with Crippen molar-refractivity contribution >= 4 is 14.4 Å². The highest BCUT2D eigenvalue weighted by atomic mass is 28.4. The van der Waals surface area contributed by atoms with Crippen molar-refractivity contribution in [3.8, 4) is 0 Å². The van der Waals surface area contributed by atoms with Crippen LogP contribution in [0.15, 0.2) is 30.8 Å². The van der Waals surface area contributed by atoms with E-state index in [4.69, 9.17) is 9.16 Å². The zero-order chi connectivity index (χ0) is 18.8. The first-order valence-electron chi connectivity index (χ1n) is 9.69. The maximum absolute atomic E-state index is 6.21. The number of hydrogen-bond donors (Lipinski definition) is 0. The monoisotopic (exact) mass is 362 g/mol. The molecule has 0 atom stereocenters. The molecule has 25 heavy (non-hydrogen) atoms. The van der Waals surface area contributed by atoms with Gasteiger partial charge in [-0.2, -0.15) is 0 Å². The maximum Gasteiger partial charge on any atom is 0.191 e. The van der Waals surface area contributed by atoms with E-state index >= 15 is 0 Å². The van der Waals surface area contributed by atoms with Crippen LogP contribution >= 0.6 is 0 Å². The van der Waals surface area contributed by atoms with Crippen molar-refractivity contribution in [1.29, 1.82) is 0 Å². The van der Waals surface area contributed by atoms with Crippen molar-refractivity contribution in [3.63, 3.8) is 0 Å². The van der Waals surface area contributed by atoms with Crippen LogP contribution < -0.4 is 0 Å². The Bertz CT molecular complexity index is 486. The van der Waals surface area contributed by atoms with Crippen LogP contribution in [0.2, 0.25) is 18.1 Å². The van der Waals surface area contributed by atoms with E-state index in [2.05, 4.69) is 64.7 Å². The summed E-state index contributed by atoms with van der Waals surface area (Å²) in [7, 11) is -1.55. The Hall–Kier alpha value is -0.903. The highest BCUT2D eigenvalue weighted by Crippen LogP contribution is 2.36. The molecule has 0 bridgehead atoms. The topological polar surface area (TPSA) is 18.5 Å². The van der Waals surface area contributed by atoms with Crippen LogP contribution in [0.3, 0.4) is 0 Å². The number of unbranched alkanes of at least 4 members (excludes halogenated alkanes) is 4. The lowest BCUT2D eigenvalue weighted by Gasteiger charge is -2.36. The van der Waals surface area contributed by atoms with Crippen molar-refractivity contribution in [2.45, 2.75) is 77.6 Å². The third-order valence-electron chi connectivity index (χ3n) is 5.19. The Balaban J connectivity index is 1.97. The van der Waals surface area contributed by atoms with Crippen LogP contribution in [0.4, 0.5) is 0 Å². The molecule has 1 aromatic rings. The van der Waals surface area contributed by atoms with Gasteiger partial charge in [-0.15, -0.1) is 0 Å². The van der Waals surface area contributed by atoms with E-state index in [-0.39, 0.29) is 0 Å². The number of rotatable bonds is 12. The van der Waals surface area contributed by atoms with Gasteiger partial charge in [0.2, 0.25) is 0 Å². The molecule has 0 heterocycles. The van der Waals surface area contributed by atoms with Crippen LogP contribution in [0.1, 0.15) is 64.0 Å². The van der Waals surface area contributed by atoms with E-state index in [1.54, 1.807) is 0 Å². The number of hydrogen-bond acceptors (Lipinski definition) is 2. The SMILES string of the molecule is C=Cc1ccc(COCCCCCCCO[Si](C)(C)C(C)(C)C)cc1. The first-order chi connectivity index (χ1) is 11.8. The molecule has 1 aromatic carbocycles. The fourth-order valence-corrected chi connectivity index (χ4v) is 3.41. The summed E-state index contributed by atoms with van der Waals surface area (Å²) in [6.07, 6.45) is 7.98. The summed E-state index contributed by atoms with van der Waals surface area (Å²) in [5, 5.41) is 0.316. The summed E-state index contributed by atoms with van der Waals surface area (Å²) in [4.78, 5) is 0. The first kappa shape index (κ1) is 22.1. The second kappa shape index (κ2) is 10.9. The van der Waals surface area contributed by atoms with Crippen molar-refractivity contribution in [2.24, 2.45) is 0 Å². The van der Waals surface area contributed by atoms with Gasteiger partial charge in [0, 0.05) is 13.2 Å². The molecule has 0 unspecified atom stereocenters. The lowest BCUT2D eigenvalue weighted by atomic mass is 10.1. The average molecular weight is 363 g/mol. The second-order valence-electron chi connectivity index (χ2n) is 8.37. The molecule has 0 radical (unpaired) electrons. The van der Waals surface area contributed by atoms with Crippen molar-refractivity contribution in [1.82, 2.24) is 0 Å². The number of benzene rings is 1. The summed E-state index contributed by atoms with van der Waals surface area (Å²) < 4.78 is 12.0. The molecule has 3 heteroatoms. The predicted molar refractivity (Wildman–Crippen MR) is 112 cm³/mol. The van der Waals surface area contributed by atoms with Crippen molar-refractivity contribution in [2.75, 3.05) is 13.2 Å². The molecular formula is C22H38O2Si. The summed E-state index contributed by atoms with van der Waals surface area (Å²) in [6, 6.07) is 8.38. The van der Waals surface area contributed by atoms with Gasteiger partial charge in [-0.05, 0) is 42.1 Å². The van der Waals surface area contributed by atoms with Gasteiger partial charge >= 0.3 is 0 Å². The lowest BCUT2D eigenvalue weighted by Crippen LogP contribution is -2.40. The molecule has 0 N–H and O–H groups in total. The summed E-state index contributed by atoms with van der Waals surface area (Å²) in [5.41, 5.74) is 2.38. The molecule has 1 rings (SSSR count). The molecule has 0 spiro atoms. The highest BCUT2D eigenvalue weighted by molar-refractivity contribution is 6.74. The second-order valence-corrected chi connectivity index (χ2v) is 13.2. The van der Waals surface area contributed by atoms with Crippen LogP contribution in [-0.2, 0) is 15.8 Å². The minimum atomic E-state index is -1.55. The zero-order valence-corrected chi connectivity index (χ0v) is 18.1. The third-order valence-corrected chi connectivity index (χ3v) is 9.72. The quantitative estimate of drug-likeness (QED) is 0.300. The number of ether oxygens (including phenoxy) is 1. The normalized spacial score (nSPS) is 12.4. The Kier molecular flexibility index (Phi) is 9.69. The van der Waals surface area contributed by atoms with Crippen molar-refractivity contribution < 1.29 is 9.16 Å². The molecule has 0 aliphatic carbocycles. The molecule has 2 nitrogen and oxygen atoms in total. The summed E-state index contributed by atoms with van der Waals surface area (Å²) >= 11 is 0. The maximum atomic E-state index is 6.21. The molecule has 0 fully saturated rings. The van der Waals surface area contributed by atoms with Crippen LogP contribution in [0, 0.1) is 0 Å². The minimum absolute atomic E-state index is 0.316. The molecule has 0 aliphatic heterocycles. The molecule has 0 amide bonds. The van der Waals surface area contributed by atoms with E-state index in [1.807, 2.05) is 6.08 Å². The predicted octanol–water partition coefficient (Wildman–Crippen LogP) is 6.82. The van der Waals surface area contributed by atoms with Crippen LogP contribution in [-0.4, -0.2) is 21.5 Å². The first-order valence-corrected chi connectivity index (χ1v) is 12.6. The molecule has 142 valence electrons. The molecule has 0 saturated heterocycles. The van der Waals surface area contributed by atoms with Gasteiger partial charge in [-0.1, -0.05) is 77.0 Å². The molecule has 0 saturated carbocycles. The summed E-state index contributed by atoms with van der Waals surface area (Å²) in [5.74, 6) is 0. The average Bonchev–Trinajstić information content (AvgIpc) is 2.56. The van der Waals surface area contributed by atoms with Crippen LogP contribution in [0.25, 0.3) is 6.08 Å². The van der Waals surface area contributed by atoms with Gasteiger partial charge in [0.1, 0.15) is 0 Å². The fraction of sp³-hybridized carbons (Fsp3) is 0.636. The largest absolute Gasteiger partial charge is 0.417 e. The summed E-state index contributed by atoms with van der Waals surface area (Å²) in [6.45, 7) is 17.8. The van der Waals surface area contributed by atoms with Gasteiger partial charge in [-0.25, -0.2) is 0 Å². The van der Waals surface area contributed by atoms with Gasteiger partial charge in [0.05, 0.1) is 6.61 Å². The Labute approximate surface area is 156 Å². The zero-order valence-electron chi connectivity index (χ0n) is 17.1. The molecule has 0 aliphatic rings. The van der Waals surface area contributed by atoms with Gasteiger partial charge < -0.3 is 9.16 Å².